The number of methoxy groups -OCH3 is 1. The third-order valence-electron chi connectivity index (χ3n) is 5.37. The lowest BCUT2D eigenvalue weighted by atomic mass is 10.1. The molecule has 0 bridgehead atoms. The van der Waals surface area contributed by atoms with E-state index in [0.29, 0.717) is 11.9 Å². The van der Waals surface area contributed by atoms with E-state index < -0.39 is 0 Å². The van der Waals surface area contributed by atoms with Crippen molar-refractivity contribution in [3.8, 4) is 0 Å². The fourth-order valence-electron chi connectivity index (χ4n) is 3.86. The zero-order chi connectivity index (χ0) is 19.0. The van der Waals surface area contributed by atoms with Gasteiger partial charge in [-0.1, -0.05) is 13.8 Å². The summed E-state index contributed by atoms with van der Waals surface area (Å²) in [6.07, 6.45) is 4.67. The molecular weight excluding hydrogens is 344 g/mol. The van der Waals surface area contributed by atoms with E-state index in [1.807, 2.05) is 11.0 Å². The Bertz CT molecular complexity index is 847. The molecule has 2 N–H and O–H groups in total. The first kappa shape index (κ1) is 17.8. The maximum atomic E-state index is 12.1. The van der Waals surface area contributed by atoms with E-state index in [1.54, 1.807) is 0 Å². The van der Waals surface area contributed by atoms with Gasteiger partial charge in [-0.15, -0.1) is 0 Å². The molecule has 1 atom stereocenters. The van der Waals surface area contributed by atoms with Crippen molar-refractivity contribution in [1.82, 2.24) is 20.2 Å². The van der Waals surface area contributed by atoms with Crippen molar-refractivity contribution >= 4 is 23.6 Å². The van der Waals surface area contributed by atoms with Crippen LogP contribution in [0.3, 0.4) is 0 Å². The van der Waals surface area contributed by atoms with E-state index in [4.69, 9.17) is 14.7 Å². The summed E-state index contributed by atoms with van der Waals surface area (Å²) in [4.78, 5) is 23.7. The molecule has 3 heterocycles. The molecule has 0 unspecified atom stereocenters. The van der Waals surface area contributed by atoms with Crippen LogP contribution in [0, 0.1) is 0 Å². The number of ether oxygens (including phenoxy) is 1. The van der Waals surface area contributed by atoms with Gasteiger partial charge >= 0.3 is 5.97 Å². The van der Waals surface area contributed by atoms with Crippen molar-refractivity contribution in [2.75, 3.05) is 23.9 Å². The zero-order valence-electron chi connectivity index (χ0n) is 16.1. The number of nitrogens with zero attached hydrogens (tertiary/aromatic N) is 4. The standard InChI is InChI=1S/C19H26N6O2/c1-11(2)14-10-16(24-23-14)21-17-12-6-4-7-13(12)20-19(22-17)25-9-5-8-15(25)18(26)27-3/h10-11,15H,4-9H2,1-3H3,(H2,20,21,22,23,24)/t15-/m0/s1. The number of hydrogen-bond acceptors (Lipinski definition) is 7. The number of aromatic amines is 1. The van der Waals surface area contributed by atoms with Crippen molar-refractivity contribution in [3.05, 3.63) is 23.0 Å². The quantitative estimate of drug-likeness (QED) is 0.781. The zero-order valence-corrected chi connectivity index (χ0v) is 16.1. The molecular formula is C19H26N6O2. The molecule has 8 nitrogen and oxygen atoms in total. The van der Waals surface area contributed by atoms with Crippen LogP contribution >= 0.6 is 0 Å². The van der Waals surface area contributed by atoms with Crippen LogP contribution in [0.1, 0.15) is 56.0 Å². The largest absolute Gasteiger partial charge is 0.467 e. The van der Waals surface area contributed by atoms with Crippen molar-refractivity contribution in [1.29, 1.82) is 0 Å². The van der Waals surface area contributed by atoms with Gasteiger partial charge in [0, 0.05) is 23.9 Å². The minimum atomic E-state index is -0.305. The van der Waals surface area contributed by atoms with Gasteiger partial charge < -0.3 is 15.0 Å². The second kappa shape index (κ2) is 7.17. The van der Waals surface area contributed by atoms with E-state index in [-0.39, 0.29) is 12.0 Å². The molecule has 0 spiro atoms. The third-order valence-corrected chi connectivity index (χ3v) is 5.37. The maximum absolute atomic E-state index is 12.1. The molecule has 1 aliphatic heterocycles. The van der Waals surface area contributed by atoms with Gasteiger partial charge in [0.15, 0.2) is 5.82 Å². The van der Waals surface area contributed by atoms with Gasteiger partial charge in [-0.3, -0.25) is 5.10 Å². The molecule has 0 saturated carbocycles. The van der Waals surface area contributed by atoms with Gasteiger partial charge in [-0.25, -0.2) is 9.78 Å². The lowest BCUT2D eigenvalue weighted by Crippen LogP contribution is -2.38. The molecule has 8 heteroatoms. The summed E-state index contributed by atoms with van der Waals surface area (Å²) in [5, 5.41) is 10.8. The van der Waals surface area contributed by atoms with Gasteiger partial charge in [-0.2, -0.15) is 10.1 Å². The highest BCUT2D eigenvalue weighted by Gasteiger charge is 2.34. The summed E-state index contributed by atoms with van der Waals surface area (Å²) >= 11 is 0. The Morgan fingerprint density at radius 3 is 2.93 bits per heavy atom. The minimum Gasteiger partial charge on any atom is -0.467 e. The van der Waals surface area contributed by atoms with Crippen LogP contribution in [-0.4, -0.2) is 45.8 Å². The normalized spacial score (nSPS) is 18.8. The SMILES string of the molecule is COC(=O)[C@@H]1CCCN1c1nc2c(c(Nc3cc(C(C)C)[nH]n3)n1)CCC2. The van der Waals surface area contributed by atoms with Gasteiger partial charge in [0.2, 0.25) is 5.95 Å². The van der Waals surface area contributed by atoms with Crippen LogP contribution in [0.4, 0.5) is 17.6 Å². The number of hydrogen-bond donors (Lipinski definition) is 2. The smallest absolute Gasteiger partial charge is 0.328 e. The number of carbonyl (C=O) groups excluding carboxylic acids is 1. The lowest BCUT2D eigenvalue weighted by Gasteiger charge is -2.24. The number of anilines is 3. The number of aromatic nitrogens is 4. The fourth-order valence-corrected chi connectivity index (χ4v) is 3.86. The molecule has 4 rings (SSSR count). The van der Waals surface area contributed by atoms with E-state index in [9.17, 15) is 4.79 Å². The van der Waals surface area contributed by atoms with Crippen LogP contribution in [0.25, 0.3) is 0 Å². The summed E-state index contributed by atoms with van der Waals surface area (Å²) < 4.78 is 4.96. The first-order valence-electron chi connectivity index (χ1n) is 9.63. The molecule has 0 aromatic carbocycles. The van der Waals surface area contributed by atoms with E-state index in [0.717, 1.165) is 67.2 Å². The number of fused-ring (bicyclic) bond motifs is 1. The average Bonchev–Trinajstić information content (AvgIpc) is 3.40. The van der Waals surface area contributed by atoms with Gasteiger partial charge in [0.1, 0.15) is 11.9 Å². The van der Waals surface area contributed by atoms with Gasteiger partial charge in [0.05, 0.1) is 12.8 Å². The second-order valence-electron chi connectivity index (χ2n) is 7.51. The first-order chi connectivity index (χ1) is 13.1. The number of carbonyl (C=O) groups is 1. The number of nitrogens with one attached hydrogen (secondary N) is 2. The third kappa shape index (κ3) is 3.36. The highest BCUT2D eigenvalue weighted by molar-refractivity contribution is 5.80. The average molecular weight is 370 g/mol. The Kier molecular flexibility index (Phi) is 4.72. The minimum absolute atomic E-state index is 0.222. The van der Waals surface area contributed by atoms with Crippen molar-refractivity contribution in [2.24, 2.45) is 0 Å². The highest BCUT2D eigenvalue weighted by Crippen LogP contribution is 2.32. The van der Waals surface area contributed by atoms with Crippen LogP contribution in [0.2, 0.25) is 0 Å². The maximum Gasteiger partial charge on any atom is 0.328 e. The molecule has 0 radical (unpaired) electrons. The fraction of sp³-hybridized carbons (Fsp3) is 0.579. The van der Waals surface area contributed by atoms with E-state index in [1.165, 1.54) is 7.11 Å². The number of H-pyrrole nitrogens is 1. The predicted molar refractivity (Wildman–Crippen MR) is 102 cm³/mol. The Balaban J connectivity index is 1.66. The highest BCUT2D eigenvalue weighted by atomic mass is 16.5. The summed E-state index contributed by atoms with van der Waals surface area (Å²) in [5.41, 5.74) is 3.30. The molecule has 1 saturated heterocycles. The van der Waals surface area contributed by atoms with Crippen molar-refractivity contribution < 1.29 is 9.53 Å². The van der Waals surface area contributed by atoms with E-state index in [2.05, 4.69) is 29.4 Å². The van der Waals surface area contributed by atoms with Crippen LogP contribution in [0.5, 0.6) is 0 Å². The summed E-state index contributed by atoms with van der Waals surface area (Å²) in [7, 11) is 1.43. The van der Waals surface area contributed by atoms with E-state index >= 15 is 0 Å². The summed E-state index contributed by atoms with van der Waals surface area (Å²) in [6.45, 7) is 5.01. The Morgan fingerprint density at radius 1 is 1.33 bits per heavy atom. The van der Waals surface area contributed by atoms with Crippen LogP contribution < -0.4 is 10.2 Å². The Morgan fingerprint density at radius 2 is 2.19 bits per heavy atom. The van der Waals surface area contributed by atoms with Gasteiger partial charge in [0.25, 0.3) is 0 Å². The van der Waals surface area contributed by atoms with Crippen molar-refractivity contribution in [2.45, 2.75) is 57.9 Å². The van der Waals surface area contributed by atoms with Crippen molar-refractivity contribution in [3.63, 3.8) is 0 Å². The molecule has 1 aliphatic carbocycles. The molecule has 1 fully saturated rings. The van der Waals surface area contributed by atoms with Crippen LogP contribution in [-0.2, 0) is 22.4 Å². The first-order valence-corrected chi connectivity index (χ1v) is 9.63. The number of esters is 1. The number of aryl methyl sites for hydroxylation is 1. The predicted octanol–water partition coefficient (Wildman–Crippen LogP) is 2.70. The van der Waals surface area contributed by atoms with Gasteiger partial charge in [-0.05, 0) is 38.0 Å². The summed E-state index contributed by atoms with van der Waals surface area (Å²) in [6, 6.07) is 1.71. The Hall–Kier alpha value is -2.64. The summed E-state index contributed by atoms with van der Waals surface area (Å²) in [5.74, 6) is 2.31. The topological polar surface area (TPSA) is 96.0 Å². The monoisotopic (exact) mass is 370 g/mol. The number of rotatable bonds is 5. The van der Waals surface area contributed by atoms with Crippen LogP contribution in [0.15, 0.2) is 6.07 Å². The molecule has 2 aromatic rings. The Labute approximate surface area is 158 Å². The molecule has 27 heavy (non-hydrogen) atoms. The lowest BCUT2D eigenvalue weighted by molar-refractivity contribution is -0.141. The molecule has 2 aromatic heterocycles. The molecule has 0 amide bonds. The second-order valence-corrected chi connectivity index (χ2v) is 7.51. The molecule has 2 aliphatic rings. The molecule has 144 valence electrons.